The average molecular weight is 714 g/mol. The second kappa shape index (κ2) is 11.8. The molecule has 15 atom stereocenters. The van der Waals surface area contributed by atoms with E-state index in [0.29, 0.717) is 13.1 Å². The molecule has 5 saturated carbocycles. The SMILES string of the molecule is CCN1CC2(COC)C3C(OC)C4C1C3(C1C[C@@]3(O)[C@H](OC(=O)c5ccc(C(F)(F)F)cc5)[C@@H]1[C@]4(OC(C)=O)C(O)[C@@H]3OC)[C@@H](OC)C[C@H]2O. The number of carbonyl (C=O) groups excluding carboxylic acids is 2. The molecule has 12 nitrogen and oxygen atoms in total. The van der Waals surface area contributed by atoms with Crippen molar-refractivity contribution in [2.45, 2.75) is 86.7 Å². The second-order valence-corrected chi connectivity index (χ2v) is 15.1. The van der Waals surface area contributed by atoms with Crippen molar-refractivity contribution in [3.8, 4) is 0 Å². The molecule has 6 aliphatic rings. The summed E-state index contributed by atoms with van der Waals surface area (Å²) in [6.07, 6.45) is -11.2. The van der Waals surface area contributed by atoms with Gasteiger partial charge < -0.3 is 43.7 Å². The molecule has 1 heterocycles. The molecule has 1 aliphatic heterocycles. The van der Waals surface area contributed by atoms with Gasteiger partial charge in [0.1, 0.15) is 23.9 Å². The molecule has 0 aromatic heterocycles. The van der Waals surface area contributed by atoms with Gasteiger partial charge in [-0.25, -0.2) is 4.79 Å². The third kappa shape index (κ3) is 4.23. The fourth-order valence-corrected chi connectivity index (χ4v) is 12.5. The van der Waals surface area contributed by atoms with Crippen LogP contribution in [0.2, 0.25) is 0 Å². The molecule has 1 saturated heterocycles. The molecule has 7 bridgehead atoms. The zero-order valence-corrected chi connectivity index (χ0v) is 28.9. The quantitative estimate of drug-likeness (QED) is 0.319. The third-order valence-electron chi connectivity index (χ3n) is 13.6. The Morgan fingerprint density at radius 3 is 2.22 bits per heavy atom. The molecule has 278 valence electrons. The number of nitrogens with zero attached hydrogens (tertiary/aromatic N) is 1. The molecule has 0 amide bonds. The van der Waals surface area contributed by atoms with Crippen molar-refractivity contribution in [1.82, 2.24) is 4.90 Å². The molecule has 5 aliphatic carbocycles. The van der Waals surface area contributed by atoms with Crippen LogP contribution in [-0.2, 0) is 39.4 Å². The van der Waals surface area contributed by atoms with Gasteiger partial charge in [-0.2, -0.15) is 13.2 Å². The van der Waals surface area contributed by atoms with Gasteiger partial charge >= 0.3 is 18.1 Å². The summed E-state index contributed by atoms with van der Waals surface area (Å²) in [7, 11) is 5.96. The summed E-state index contributed by atoms with van der Waals surface area (Å²) in [4.78, 5) is 29.3. The highest BCUT2D eigenvalue weighted by Crippen LogP contribution is 2.80. The summed E-state index contributed by atoms with van der Waals surface area (Å²) in [6.45, 7) is 4.28. The van der Waals surface area contributed by atoms with Crippen LogP contribution in [0.1, 0.15) is 42.6 Å². The van der Waals surface area contributed by atoms with Crippen LogP contribution in [0.25, 0.3) is 0 Å². The zero-order chi connectivity index (χ0) is 36.3. The Morgan fingerprint density at radius 2 is 1.68 bits per heavy atom. The first-order valence-electron chi connectivity index (χ1n) is 17.1. The van der Waals surface area contributed by atoms with Crippen LogP contribution in [0.5, 0.6) is 0 Å². The molecule has 15 heteroatoms. The minimum absolute atomic E-state index is 0.0755. The van der Waals surface area contributed by atoms with Gasteiger partial charge in [0.25, 0.3) is 0 Å². The summed E-state index contributed by atoms with van der Waals surface area (Å²) in [5.74, 6) is -4.72. The zero-order valence-electron chi connectivity index (χ0n) is 28.9. The molecule has 3 N–H and O–H groups in total. The Hall–Kier alpha value is -2.37. The number of benzene rings is 1. The van der Waals surface area contributed by atoms with E-state index in [9.17, 15) is 38.1 Å². The lowest BCUT2D eigenvalue weighted by Gasteiger charge is -2.70. The number of esters is 2. The van der Waals surface area contributed by atoms with Gasteiger partial charge in [0, 0.05) is 83.0 Å². The maximum atomic E-state index is 13.8. The number of hydrogen-bond acceptors (Lipinski definition) is 12. The van der Waals surface area contributed by atoms with E-state index in [1.165, 1.54) is 21.1 Å². The fourth-order valence-electron chi connectivity index (χ4n) is 12.5. The second-order valence-electron chi connectivity index (χ2n) is 15.1. The Morgan fingerprint density at radius 1 is 1.00 bits per heavy atom. The Kier molecular flexibility index (Phi) is 8.51. The van der Waals surface area contributed by atoms with Crippen LogP contribution in [0, 0.1) is 34.5 Å². The number of carbonyl (C=O) groups is 2. The molecule has 0 radical (unpaired) electrons. The molecular weight excluding hydrogens is 667 g/mol. The van der Waals surface area contributed by atoms with Gasteiger partial charge in [0.15, 0.2) is 5.60 Å². The molecule has 1 aromatic carbocycles. The van der Waals surface area contributed by atoms with Gasteiger partial charge in [0.05, 0.1) is 36.0 Å². The van der Waals surface area contributed by atoms with Crippen molar-refractivity contribution >= 4 is 11.9 Å². The number of aliphatic hydroxyl groups is 3. The van der Waals surface area contributed by atoms with Crippen LogP contribution >= 0.6 is 0 Å². The normalized spacial score (nSPS) is 47.2. The van der Waals surface area contributed by atoms with Crippen molar-refractivity contribution in [3.63, 3.8) is 0 Å². The topological polar surface area (TPSA) is 153 Å². The van der Waals surface area contributed by atoms with Gasteiger partial charge in [-0.1, -0.05) is 6.92 Å². The Balaban J connectivity index is 1.47. The third-order valence-corrected chi connectivity index (χ3v) is 13.6. The van der Waals surface area contributed by atoms with Crippen LogP contribution in [-0.4, -0.2) is 134 Å². The number of rotatable bonds is 9. The van der Waals surface area contributed by atoms with E-state index >= 15 is 0 Å². The van der Waals surface area contributed by atoms with E-state index in [1.807, 2.05) is 6.92 Å². The van der Waals surface area contributed by atoms with Crippen molar-refractivity contribution in [2.75, 3.05) is 48.1 Å². The van der Waals surface area contributed by atoms with Gasteiger partial charge in [-0.3, -0.25) is 9.69 Å². The van der Waals surface area contributed by atoms with Crippen molar-refractivity contribution in [2.24, 2.45) is 34.5 Å². The number of alkyl halides is 3. The first-order chi connectivity index (χ1) is 23.6. The predicted molar refractivity (Wildman–Crippen MR) is 165 cm³/mol. The molecule has 50 heavy (non-hydrogen) atoms. The van der Waals surface area contributed by atoms with Gasteiger partial charge in [0.2, 0.25) is 0 Å². The number of fused-ring (bicyclic) bond motifs is 2. The number of likely N-dealkylation sites (tertiary alicyclic amines) is 1. The summed E-state index contributed by atoms with van der Waals surface area (Å²) in [5, 5.41) is 37.3. The summed E-state index contributed by atoms with van der Waals surface area (Å²) in [5.41, 5.74) is -6.83. The highest BCUT2D eigenvalue weighted by atomic mass is 19.4. The number of halogens is 3. The minimum Gasteiger partial charge on any atom is -0.455 e. The van der Waals surface area contributed by atoms with E-state index < -0.39 is 112 Å². The van der Waals surface area contributed by atoms with Crippen molar-refractivity contribution in [1.29, 1.82) is 0 Å². The Labute approximate surface area is 288 Å². The Bertz CT molecular complexity index is 1510. The van der Waals surface area contributed by atoms with E-state index in [-0.39, 0.29) is 25.0 Å². The first-order valence-corrected chi connectivity index (χ1v) is 17.1. The number of aliphatic hydroxyl groups excluding tert-OH is 2. The lowest BCUT2D eigenvalue weighted by atomic mass is 9.42. The van der Waals surface area contributed by atoms with Crippen molar-refractivity contribution in [3.05, 3.63) is 35.4 Å². The fraction of sp³-hybridized carbons (Fsp3) is 0.771. The van der Waals surface area contributed by atoms with Gasteiger partial charge in [-0.05, 0) is 43.1 Å². The average Bonchev–Trinajstić information content (AvgIpc) is 3.44. The molecule has 1 aromatic rings. The molecule has 6 fully saturated rings. The van der Waals surface area contributed by atoms with Crippen LogP contribution in [0.4, 0.5) is 13.2 Å². The van der Waals surface area contributed by atoms with E-state index in [2.05, 4.69) is 4.90 Å². The van der Waals surface area contributed by atoms with Gasteiger partial charge in [-0.15, -0.1) is 0 Å². The molecule has 1 spiro atoms. The summed E-state index contributed by atoms with van der Waals surface area (Å²) < 4.78 is 76.9. The van der Waals surface area contributed by atoms with E-state index in [1.54, 1.807) is 14.2 Å². The number of piperidine rings is 1. The summed E-state index contributed by atoms with van der Waals surface area (Å²) in [6, 6.07) is 3.09. The number of methoxy groups -OCH3 is 4. The highest BCUT2D eigenvalue weighted by molar-refractivity contribution is 5.89. The molecule has 8 unspecified atom stereocenters. The van der Waals surface area contributed by atoms with Crippen LogP contribution in [0.15, 0.2) is 24.3 Å². The minimum atomic E-state index is -4.62. The number of ether oxygens (including phenoxy) is 6. The highest BCUT2D eigenvalue weighted by Gasteiger charge is 2.92. The molecular formula is C35H46F3NO11. The van der Waals surface area contributed by atoms with E-state index in [0.717, 1.165) is 24.3 Å². The van der Waals surface area contributed by atoms with Crippen molar-refractivity contribution < 1.29 is 66.5 Å². The predicted octanol–water partition coefficient (Wildman–Crippen LogP) is 1.67. The maximum Gasteiger partial charge on any atom is 0.416 e. The smallest absolute Gasteiger partial charge is 0.416 e. The van der Waals surface area contributed by atoms with Crippen LogP contribution < -0.4 is 0 Å². The monoisotopic (exact) mass is 713 g/mol. The lowest BCUT2D eigenvalue weighted by molar-refractivity contribution is -0.322. The van der Waals surface area contributed by atoms with E-state index in [4.69, 9.17) is 28.4 Å². The lowest BCUT2D eigenvalue weighted by Crippen LogP contribution is -2.81. The maximum absolute atomic E-state index is 13.8. The first kappa shape index (κ1) is 36.0. The number of hydrogen-bond donors (Lipinski definition) is 3. The summed E-state index contributed by atoms with van der Waals surface area (Å²) >= 11 is 0. The molecule has 7 rings (SSSR count). The van der Waals surface area contributed by atoms with Crippen LogP contribution in [0.3, 0.4) is 0 Å². The largest absolute Gasteiger partial charge is 0.455 e. The standard InChI is InChI=1S/C35H46F3NO11/c1-7-39-14-31(15-45-3)20(41)12-21(46-4)33-19-13-32(44)28(49-30(43)17-8-10-18(11-9-17)35(36,37)38)22(19)34(50-16(2)40,27(42)29(32)48-6)23(26(33)39)24(47-5)25(31)33/h8-11,19-29,41-42,44H,7,12-15H2,1-6H3/t19?,20-,21+,22-,23?,24?,25?,26?,27?,28-,29+,31?,32-,33?,34-/m1/s1.